The number of nitrogens with one attached hydrogen (secondary N) is 1. The van der Waals surface area contributed by atoms with Crippen LogP contribution in [0, 0.1) is 11.6 Å². The Morgan fingerprint density at radius 2 is 1.46 bits per heavy atom. The summed E-state index contributed by atoms with van der Waals surface area (Å²) < 4.78 is 26.0. The molecule has 1 aliphatic rings. The van der Waals surface area contributed by atoms with E-state index >= 15 is 0 Å². The van der Waals surface area contributed by atoms with Crippen LogP contribution in [-0.4, -0.2) is 16.9 Å². The molecule has 1 aliphatic heterocycles. The minimum absolute atomic E-state index is 0.0899. The van der Waals surface area contributed by atoms with Crippen LogP contribution in [0.25, 0.3) is 6.08 Å². The van der Waals surface area contributed by atoms with Crippen molar-refractivity contribution in [3.8, 4) is 0 Å². The van der Waals surface area contributed by atoms with E-state index in [0.717, 1.165) is 4.90 Å². The van der Waals surface area contributed by atoms with Crippen molar-refractivity contribution in [1.29, 1.82) is 0 Å². The Morgan fingerprint density at radius 1 is 0.917 bits per heavy atom. The van der Waals surface area contributed by atoms with Crippen LogP contribution in [0.4, 0.5) is 14.5 Å². The first-order chi connectivity index (χ1) is 11.5. The quantitative estimate of drug-likeness (QED) is 0.518. The highest BCUT2D eigenvalue weighted by atomic mass is 32.1. The molecule has 0 atom stereocenters. The zero-order valence-corrected chi connectivity index (χ0v) is 12.9. The fraction of sp³-hybridized carbons (Fsp3) is 0. The van der Waals surface area contributed by atoms with Gasteiger partial charge in [-0.15, -0.1) is 0 Å². The van der Waals surface area contributed by atoms with E-state index in [0.29, 0.717) is 11.3 Å². The molecule has 24 heavy (non-hydrogen) atoms. The topological polar surface area (TPSA) is 49.4 Å². The molecule has 2 aromatic carbocycles. The number of carbonyl (C=O) groups excluding carboxylic acids is 2. The first-order valence-electron chi connectivity index (χ1n) is 6.88. The molecule has 7 heteroatoms. The molecule has 1 fully saturated rings. The Labute approximate surface area is 141 Å². The van der Waals surface area contributed by atoms with Crippen molar-refractivity contribution >= 4 is 40.9 Å². The minimum atomic E-state index is -0.646. The van der Waals surface area contributed by atoms with Gasteiger partial charge in [-0.1, -0.05) is 12.1 Å². The minimum Gasteiger partial charge on any atom is -0.298 e. The number of benzene rings is 2. The molecule has 0 bridgehead atoms. The van der Waals surface area contributed by atoms with Crippen LogP contribution >= 0.6 is 12.2 Å². The summed E-state index contributed by atoms with van der Waals surface area (Å²) in [7, 11) is 0. The van der Waals surface area contributed by atoms with Crippen molar-refractivity contribution < 1.29 is 18.4 Å². The summed E-state index contributed by atoms with van der Waals surface area (Å²) >= 11 is 5.03. The van der Waals surface area contributed by atoms with Crippen LogP contribution in [0.5, 0.6) is 0 Å². The van der Waals surface area contributed by atoms with Crippen LogP contribution in [0.2, 0.25) is 0 Å². The number of anilines is 1. The van der Waals surface area contributed by atoms with Gasteiger partial charge in [0.15, 0.2) is 5.11 Å². The summed E-state index contributed by atoms with van der Waals surface area (Å²) in [5, 5.41) is 2.33. The van der Waals surface area contributed by atoms with Crippen molar-refractivity contribution in [1.82, 2.24) is 5.32 Å². The summed E-state index contributed by atoms with van der Waals surface area (Å²) in [5.74, 6) is -2.17. The molecule has 4 nitrogen and oxygen atoms in total. The van der Waals surface area contributed by atoms with Gasteiger partial charge in [0.05, 0.1) is 5.69 Å². The highest BCUT2D eigenvalue weighted by molar-refractivity contribution is 7.80. The van der Waals surface area contributed by atoms with Gasteiger partial charge in [-0.05, 0) is 60.3 Å². The second-order valence-corrected chi connectivity index (χ2v) is 5.37. The van der Waals surface area contributed by atoms with E-state index in [9.17, 15) is 18.4 Å². The molecule has 0 spiro atoms. The lowest BCUT2D eigenvalue weighted by atomic mass is 10.1. The third-order valence-electron chi connectivity index (χ3n) is 3.37. The third kappa shape index (κ3) is 3.07. The van der Waals surface area contributed by atoms with Crippen molar-refractivity contribution in [2.24, 2.45) is 0 Å². The van der Waals surface area contributed by atoms with Crippen LogP contribution in [0.3, 0.4) is 0 Å². The number of hydrogen-bond acceptors (Lipinski definition) is 3. The second-order valence-electron chi connectivity index (χ2n) is 4.99. The van der Waals surface area contributed by atoms with Crippen LogP contribution in [-0.2, 0) is 9.59 Å². The maximum Gasteiger partial charge on any atom is 0.270 e. The van der Waals surface area contributed by atoms with Gasteiger partial charge in [0.1, 0.15) is 17.2 Å². The number of halogens is 2. The molecule has 0 radical (unpaired) electrons. The number of nitrogens with zero attached hydrogens (tertiary/aromatic N) is 1. The molecular formula is C17H10F2N2O2S. The second kappa shape index (κ2) is 6.29. The summed E-state index contributed by atoms with van der Waals surface area (Å²) in [4.78, 5) is 25.8. The Bertz CT molecular complexity index is 861. The largest absolute Gasteiger partial charge is 0.298 e. The molecule has 3 rings (SSSR count). The standard InChI is InChI=1S/C17H10F2N2O2S/c18-11-3-1-10(2-4-11)9-14-15(22)20-17(24)21(16(14)23)13-7-5-12(19)6-8-13/h1-9H,(H,20,22,24). The molecule has 1 saturated heterocycles. The SMILES string of the molecule is O=C1NC(=S)N(c2ccc(F)cc2)C(=O)C1=Cc1ccc(F)cc1. The first kappa shape index (κ1) is 15.9. The van der Waals surface area contributed by atoms with Gasteiger partial charge in [0.25, 0.3) is 11.8 Å². The molecule has 2 amide bonds. The van der Waals surface area contributed by atoms with Gasteiger partial charge >= 0.3 is 0 Å². The Balaban J connectivity index is 1.99. The maximum atomic E-state index is 13.1. The van der Waals surface area contributed by atoms with E-state index in [-0.39, 0.29) is 10.7 Å². The van der Waals surface area contributed by atoms with E-state index < -0.39 is 23.4 Å². The number of amides is 2. The monoisotopic (exact) mass is 344 g/mol. The first-order valence-corrected chi connectivity index (χ1v) is 7.29. The van der Waals surface area contributed by atoms with Crippen molar-refractivity contribution in [3.63, 3.8) is 0 Å². The van der Waals surface area contributed by atoms with Gasteiger partial charge < -0.3 is 0 Å². The van der Waals surface area contributed by atoms with Crippen molar-refractivity contribution in [2.75, 3.05) is 4.90 Å². The molecule has 0 saturated carbocycles. The Kier molecular flexibility index (Phi) is 4.18. The molecular weight excluding hydrogens is 334 g/mol. The highest BCUT2D eigenvalue weighted by Crippen LogP contribution is 2.22. The van der Waals surface area contributed by atoms with Crippen LogP contribution in [0.1, 0.15) is 5.56 Å². The van der Waals surface area contributed by atoms with Crippen LogP contribution in [0.15, 0.2) is 54.1 Å². The highest BCUT2D eigenvalue weighted by Gasteiger charge is 2.34. The summed E-state index contributed by atoms with van der Waals surface area (Å²) in [6.07, 6.45) is 1.34. The lowest BCUT2D eigenvalue weighted by Crippen LogP contribution is -2.54. The number of rotatable bonds is 2. The average molecular weight is 344 g/mol. The smallest absolute Gasteiger partial charge is 0.270 e. The molecule has 120 valence electrons. The predicted molar refractivity (Wildman–Crippen MR) is 89.0 cm³/mol. The lowest BCUT2D eigenvalue weighted by Gasteiger charge is -2.28. The lowest BCUT2D eigenvalue weighted by molar-refractivity contribution is -0.122. The van der Waals surface area contributed by atoms with Gasteiger partial charge in [-0.3, -0.25) is 19.8 Å². The zero-order valence-electron chi connectivity index (χ0n) is 12.1. The van der Waals surface area contributed by atoms with E-state index in [1.807, 2.05) is 0 Å². The van der Waals surface area contributed by atoms with Gasteiger partial charge in [0, 0.05) is 0 Å². The fourth-order valence-electron chi connectivity index (χ4n) is 2.21. The predicted octanol–water partition coefficient (Wildman–Crippen LogP) is 2.80. The van der Waals surface area contributed by atoms with Gasteiger partial charge in [0.2, 0.25) is 0 Å². The van der Waals surface area contributed by atoms with Crippen LogP contribution < -0.4 is 10.2 Å². The molecule has 0 aromatic heterocycles. The summed E-state index contributed by atoms with van der Waals surface area (Å²) in [5.41, 5.74) is 0.665. The van der Waals surface area contributed by atoms with E-state index in [1.165, 1.54) is 54.6 Å². The fourth-order valence-corrected chi connectivity index (χ4v) is 2.49. The average Bonchev–Trinajstić information content (AvgIpc) is 2.55. The number of carbonyl (C=O) groups is 2. The molecule has 0 unspecified atom stereocenters. The molecule has 1 heterocycles. The van der Waals surface area contributed by atoms with Gasteiger partial charge in [-0.2, -0.15) is 0 Å². The molecule has 1 N–H and O–H groups in total. The van der Waals surface area contributed by atoms with Crippen molar-refractivity contribution in [3.05, 3.63) is 71.3 Å². The zero-order chi connectivity index (χ0) is 17.3. The van der Waals surface area contributed by atoms with Gasteiger partial charge in [-0.25, -0.2) is 8.78 Å². The Hall–Kier alpha value is -2.93. The number of hydrogen-bond donors (Lipinski definition) is 1. The third-order valence-corrected chi connectivity index (χ3v) is 3.65. The number of thiocarbonyl (C=S) groups is 1. The van der Waals surface area contributed by atoms with E-state index in [1.54, 1.807) is 0 Å². The summed E-state index contributed by atoms with van der Waals surface area (Å²) in [6, 6.07) is 10.5. The Morgan fingerprint density at radius 3 is 2.04 bits per heavy atom. The maximum absolute atomic E-state index is 13.1. The van der Waals surface area contributed by atoms with E-state index in [4.69, 9.17) is 12.2 Å². The molecule has 0 aliphatic carbocycles. The normalized spacial score (nSPS) is 16.5. The molecule has 2 aromatic rings. The van der Waals surface area contributed by atoms with E-state index in [2.05, 4.69) is 5.32 Å². The van der Waals surface area contributed by atoms with Crippen molar-refractivity contribution in [2.45, 2.75) is 0 Å². The summed E-state index contributed by atoms with van der Waals surface area (Å²) in [6.45, 7) is 0.